The Labute approximate surface area is 171 Å². The van der Waals surface area contributed by atoms with Gasteiger partial charge in [0.2, 0.25) is 0 Å². The van der Waals surface area contributed by atoms with E-state index in [1.54, 1.807) is 17.0 Å². The molecule has 1 aliphatic heterocycles. The molecule has 0 spiro atoms. The van der Waals surface area contributed by atoms with Crippen molar-refractivity contribution in [2.75, 3.05) is 23.3 Å². The molecule has 1 aliphatic carbocycles. The van der Waals surface area contributed by atoms with E-state index in [0.717, 1.165) is 49.9 Å². The molecular weight excluding hydrogens is 397 g/mol. The summed E-state index contributed by atoms with van der Waals surface area (Å²) >= 11 is 0. The molecule has 30 heavy (non-hydrogen) atoms. The average Bonchev–Trinajstić information content (AvgIpc) is 3.38. The molecule has 9 heteroatoms. The number of halogens is 3. The highest BCUT2D eigenvalue weighted by Crippen LogP contribution is 2.30. The van der Waals surface area contributed by atoms with Crippen LogP contribution in [0, 0.1) is 0 Å². The standard InChI is InChI=1S/C21H21F3N4O2/c22-21(23,24)15-7-5-14(6-8-15)19(29)26-16-9-10-18(25-13-16)28-12-11-27(20(28)30)17-3-1-2-4-17/h5-10,13,17H,1-4,11-12H2,(H,26,29). The van der Waals surface area contributed by atoms with E-state index in [-0.39, 0.29) is 11.6 Å². The number of hydrogen-bond donors (Lipinski definition) is 1. The number of nitrogens with one attached hydrogen (secondary N) is 1. The second-order valence-electron chi connectivity index (χ2n) is 7.50. The number of anilines is 2. The Morgan fingerprint density at radius 2 is 1.73 bits per heavy atom. The van der Waals surface area contributed by atoms with Crippen molar-refractivity contribution in [1.29, 1.82) is 0 Å². The minimum absolute atomic E-state index is 0.0454. The molecule has 0 unspecified atom stereocenters. The van der Waals surface area contributed by atoms with Crippen molar-refractivity contribution in [1.82, 2.24) is 9.88 Å². The third kappa shape index (κ3) is 4.10. The number of carbonyl (C=O) groups is 2. The van der Waals surface area contributed by atoms with Crippen molar-refractivity contribution in [2.45, 2.75) is 37.9 Å². The molecular formula is C21H21F3N4O2. The van der Waals surface area contributed by atoms with E-state index in [1.807, 2.05) is 4.90 Å². The van der Waals surface area contributed by atoms with Gasteiger partial charge in [-0.15, -0.1) is 0 Å². The van der Waals surface area contributed by atoms with Gasteiger partial charge in [0.25, 0.3) is 5.91 Å². The molecule has 0 bridgehead atoms. The molecule has 1 N–H and O–H groups in total. The molecule has 3 amide bonds. The van der Waals surface area contributed by atoms with Crippen molar-refractivity contribution >= 4 is 23.4 Å². The van der Waals surface area contributed by atoms with Crippen LogP contribution in [-0.2, 0) is 6.18 Å². The predicted octanol–water partition coefficient (Wildman–Crippen LogP) is 4.54. The molecule has 1 aromatic carbocycles. The Morgan fingerprint density at radius 3 is 2.33 bits per heavy atom. The van der Waals surface area contributed by atoms with Gasteiger partial charge in [0, 0.05) is 24.7 Å². The van der Waals surface area contributed by atoms with E-state index >= 15 is 0 Å². The molecule has 2 heterocycles. The highest BCUT2D eigenvalue weighted by atomic mass is 19.4. The molecule has 0 radical (unpaired) electrons. The zero-order chi connectivity index (χ0) is 21.3. The van der Waals surface area contributed by atoms with Gasteiger partial charge in [-0.3, -0.25) is 9.69 Å². The number of alkyl halides is 3. The van der Waals surface area contributed by atoms with Crippen molar-refractivity contribution in [2.24, 2.45) is 0 Å². The Balaban J connectivity index is 1.39. The van der Waals surface area contributed by atoms with Gasteiger partial charge in [0.1, 0.15) is 5.82 Å². The first-order valence-electron chi connectivity index (χ1n) is 9.86. The first-order chi connectivity index (χ1) is 14.3. The summed E-state index contributed by atoms with van der Waals surface area (Å²) in [6.07, 6.45) is 1.38. The molecule has 2 fully saturated rings. The Kier molecular flexibility index (Phi) is 5.36. The molecule has 6 nitrogen and oxygen atoms in total. The van der Waals surface area contributed by atoms with Gasteiger partial charge >= 0.3 is 12.2 Å². The number of rotatable bonds is 4. The lowest BCUT2D eigenvalue weighted by Crippen LogP contribution is -2.38. The molecule has 1 saturated heterocycles. The second-order valence-corrected chi connectivity index (χ2v) is 7.50. The Morgan fingerprint density at radius 1 is 1.03 bits per heavy atom. The minimum Gasteiger partial charge on any atom is -0.321 e. The van der Waals surface area contributed by atoms with Crippen molar-refractivity contribution in [3.63, 3.8) is 0 Å². The zero-order valence-electron chi connectivity index (χ0n) is 16.2. The third-order valence-corrected chi connectivity index (χ3v) is 5.56. The maximum absolute atomic E-state index is 12.7. The highest BCUT2D eigenvalue weighted by Gasteiger charge is 2.36. The second kappa shape index (κ2) is 7.97. The van der Waals surface area contributed by atoms with Gasteiger partial charge in [-0.1, -0.05) is 12.8 Å². The van der Waals surface area contributed by atoms with Crippen LogP contribution in [0.1, 0.15) is 41.6 Å². The van der Waals surface area contributed by atoms with Crippen LogP contribution >= 0.6 is 0 Å². The van der Waals surface area contributed by atoms with Gasteiger partial charge in [0.15, 0.2) is 0 Å². The van der Waals surface area contributed by atoms with Crippen molar-refractivity contribution < 1.29 is 22.8 Å². The van der Waals surface area contributed by atoms with Gasteiger partial charge in [0.05, 0.1) is 17.4 Å². The normalized spacial score (nSPS) is 17.6. The third-order valence-electron chi connectivity index (χ3n) is 5.56. The summed E-state index contributed by atoms with van der Waals surface area (Å²) in [4.78, 5) is 32.8. The van der Waals surface area contributed by atoms with E-state index < -0.39 is 17.6 Å². The summed E-state index contributed by atoms with van der Waals surface area (Å²) in [6.45, 7) is 1.25. The SMILES string of the molecule is O=C(Nc1ccc(N2CCN(C3CCCC3)C2=O)nc1)c1ccc(C(F)(F)F)cc1. The number of aromatic nitrogens is 1. The molecule has 2 aliphatic rings. The quantitative estimate of drug-likeness (QED) is 0.793. The summed E-state index contributed by atoms with van der Waals surface area (Å²) < 4.78 is 37.9. The van der Waals surface area contributed by atoms with E-state index in [9.17, 15) is 22.8 Å². The van der Waals surface area contributed by atoms with Crippen LogP contribution in [0.15, 0.2) is 42.6 Å². The van der Waals surface area contributed by atoms with E-state index in [4.69, 9.17) is 0 Å². The van der Waals surface area contributed by atoms with Crippen molar-refractivity contribution in [3.8, 4) is 0 Å². The lowest BCUT2D eigenvalue weighted by Gasteiger charge is -2.23. The Hall–Kier alpha value is -3.10. The maximum atomic E-state index is 12.7. The number of urea groups is 1. The van der Waals surface area contributed by atoms with Crippen LogP contribution < -0.4 is 10.2 Å². The monoisotopic (exact) mass is 418 g/mol. The maximum Gasteiger partial charge on any atom is 0.416 e. The Bertz CT molecular complexity index is 923. The smallest absolute Gasteiger partial charge is 0.321 e. The fourth-order valence-electron chi connectivity index (χ4n) is 3.95. The van der Waals surface area contributed by atoms with E-state index in [1.165, 1.54) is 6.20 Å². The van der Waals surface area contributed by atoms with Gasteiger partial charge in [-0.25, -0.2) is 9.78 Å². The van der Waals surface area contributed by atoms with Crippen LogP contribution in [0.2, 0.25) is 0 Å². The minimum atomic E-state index is -4.45. The zero-order valence-corrected chi connectivity index (χ0v) is 16.2. The van der Waals surface area contributed by atoms with Gasteiger partial charge < -0.3 is 10.2 Å². The first-order valence-corrected chi connectivity index (χ1v) is 9.86. The number of amides is 3. The number of benzene rings is 1. The van der Waals surface area contributed by atoms with Gasteiger partial charge in [-0.2, -0.15) is 13.2 Å². The van der Waals surface area contributed by atoms with E-state index in [2.05, 4.69) is 10.3 Å². The van der Waals surface area contributed by atoms with Crippen LogP contribution in [0.5, 0.6) is 0 Å². The summed E-state index contributed by atoms with van der Waals surface area (Å²) in [5, 5.41) is 2.60. The summed E-state index contributed by atoms with van der Waals surface area (Å²) in [6, 6.07) is 7.52. The molecule has 1 saturated carbocycles. The highest BCUT2D eigenvalue weighted by molar-refractivity contribution is 6.04. The lowest BCUT2D eigenvalue weighted by atomic mass is 10.1. The molecule has 1 aromatic heterocycles. The fourth-order valence-corrected chi connectivity index (χ4v) is 3.95. The predicted molar refractivity (Wildman–Crippen MR) is 105 cm³/mol. The first kappa shape index (κ1) is 20.2. The van der Waals surface area contributed by atoms with E-state index in [0.29, 0.717) is 30.6 Å². The number of hydrogen-bond acceptors (Lipinski definition) is 3. The summed E-state index contributed by atoms with van der Waals surface area (Å²) in [7, 11) is 0. The lowest BCUT2D eigenvalue weighted by molar-refractivity contribution is -0.137. The summed E-state index contributed by atoms with van der Waals surface area (Å²) in [5.74, 6) is -0.0315. The summed E-state index contributed by atoms with van der Waals surface area (Å²) in [5.41, 5.74) is -0.316. The number of pyridine rings is 1. The van der Waals surface area contributed by atoms with Crippen LogP contribution in [0.4, 0.5) is 29.5 Å². The number of carbonyl (C=O) groups excluding carboxylic acids is 2. The van der Waals surface area contributed by atoms with Crippen LogP contribution in [0.25, 0.3) is 0 Å². The average molecular weight is 418 g/mol. The van der Waals surface area contributed by atoms with Gasteiger partial charge in [-0.05, 0) is 49.2 Å². The molecule has 158 valence electrons. The molecule has 4 rings (SSSR count). The fraction of sp³-hybridized carbons (Fsp3) is 0.381. The topological polar surface area (TPSA) is 65.5 Å². The largest absolute Gasteiger partial charge is 0.416 e. The molecule has 0 atom stereocenters. The van der Waals surface area contributed by atoms with Crippen molar-refractivity contribution in [3.05, 3.63) is 53.7 Å². The van der Waals surface area contributed by atoms with Crippen LogP contribution in [0.3, 0.4) is 0 Å². The molecule has 2 aromatic rings. The number of nitrogens with zero attached hydrogens (tertiary/aromatic N) is 3. The van der Waals surface area contributed by atoms with Crippen LogP contribution in [-0.4, -0.2) is 41.0 Å².